The van der Waals surface area contributed by atoms with Gasteiger partial charge in [0.05, 0.1) is 0 Å². The minimum Gasteiger partial charge on any atom is -0.385 e. The highest BCUT2D eigenvalue weighted by molar-refractivity contribution is 14.0. The third-order valence-corrected chi connectivity index (χ3v) is 5.30. The van der Waals surface area contributed by atoms with Crippen molar-refractivity contribution in [2.24, 2.45) is 10.4 Å². The second-order valence-corrected chi connectivity index (χ2v) is 7.57. The van der Waals surface area contributed by atoms with E-state index in [1.807, 2.05) is 6.07 Å². The molecule has 0 aliphatic heterocycles. The zero-order valence-electron chi connectivity index (χ0n) is 17.4. The maximum atomic E-state index is 11.9. The van der Waals surface area contributed by atoms with Gasteiger partial charge < -0.3 is 20.3 Å². The predicted molar refractivity (Wildman–Crippen MR) is 125 cm³/mol. The van der Waals surface area contributed by atoms with Crippen LogP contribution in [-0.4, -0.2) is 64.2 Å². The van der Waals surface area contributed by atoms with E-state index in [1.54, 1.807) is 26.1 Å². The average Bonchev–Trinajstić information content (AvgIpc) is 2.64. The molecule has 0 radical (unpaired) electrons. The molecule has 0 heterocycles. The topological polar surface area (TPSA) is 66.0 Å². The molecule has 0 unspecified atom stereocenters. The van der Waals surface area contributed by atoms with Crippen molar-refractivity contribution in [1.29, 1.82) is 0 Å². The first-order valence-electron chi connectivity index (χ1n) is 9.80. The van der Waals surface area contributed by atoms with Crippen molar-refractivity contribution >= 4 is 35.8 Å². The summed E-state index contributed by atoms with van der Waals surface area (Å²) in [6, 6.07) is 10.4. The summed E-state index contributed by atoms with van der Waals surface area (Å²) in [4.78, 5) is 18.0. The van der Waals surface area contributed by atoms with E-state index in [0.717, 1.165) is 32.5 Å². The number of guanidine groups is 1. The number of amides is 1. The Morgan fingerprint density at radius 3 is 2.50 bits per heavy atom. The summed E-state index contributed by atoms with van der Waals surface area (Å²) in [5, 5.41) is 6.84. The molecule has 0 spiro atoms. The molecule has 0 aromatic heterocycles. The molecule has 1 fully saturated rings. The lowest BCUT2D eigenvalue weighted by Crippen LogP contribution is -2.47. The van der Waals surface area contributed by atoms with E-state index < -0.39 is 0 Å². The van der Waals surface area contributed by atoms with E-state index in [9.17, 15) is 4.79 Å². The van der Waals surface area contributed by atoms with Crippen LogP contribution >= 0.6 is 24.0 Å². The summed E-state index contributed by atoms with van der Waals surface area (Å²) in [5.74, 6) is 0.710. The summed E-state index contributed by atoms with van der Waals surface area (Å²) >= 11 is 0. The number of methoxy groups -OCH3 is 1. The zero-order valence-corrected chi connectivity index (χ0v) is 19.7. The number of benzene rings is 1. The number of rotatable bonds is 10. The van der Waals surface area contributed by atoms with Gasteiger partial charge in [-0.3, -0.25) is 4.79 Å². The molecule has 1 saturated carbocycles. The van der Waals surface area contributed by atoms with Crippen molar-refractivity contribution in [3.8, 4) is 0 Å². The lowest BCUT2D eigenvalue weighted by molar-refractivity contribution is -0.127. The molecule has 6 nitrogen and oxygen atoms in total. The molecule has 1 aliphatic carbocycles. The highest BCUT2D eigenvalue weighted by Gasteiger charge is 2.36. The van der Waals surface area contributed by atoms with Crippen LogP contribution in [0.5, 0.6) is 0 Å². The first-order chi connectivity index (χ1) is 13.0. The molecule has 1 amide bonds. The van der Waals surface area contributed by atoms with Crippen LogP contribution in [0.3, 0.4) is 0 Å². The Hall–Kier alpha value is -1.35. The first-order valence-corrected chi connectivity index (χ1v) is 9.80. The number of likely N-dealkylation sites (N-methyl/N-ethyl adjacent to an activating group) is 1. The molecule has 0 atom stereocenters. The van der Waals surface area contributed by atoms with Crippen LogP contribution in [0, 0.1) is 5.41 Å². The highest BCUT2D eigenvalue weighted by atomic mass is 127. The minimum absolute atomic E-state index is 0. The Bertz CT molecular complexity index is 604. The monoisotopic (exact) mass is 502 g/mol. The lowest BCUT2D eigenvalue weighted by atomic mass is 9.67. The average molecular weight is 502 g/mol. The van der Waals surface area contributed by atoms with Gasteiger partial charge in [-0.25, -0.2) is 4.99 Å². The SMILES string of the molecule is COCCC1(CNC(=NCC(=O)N(C)C)NCCc2ccccc2)CCC1.I. The predicted octanol–water partition coefficient (Wildman–Crippen LogP) is 2.68. The molecule has 158 valence electrons. The Morgan fingerprint density at radius 1 is 1.21 bits per heavy atom. The summed E-state index contributed by atoms with van der Waals surface area (Å²) in [5.41, 5.74) is 1.58. The number of aliphatic imine (C=N–C) groups is 1. The molecule has 7 heteroatoms. The zero-order chi connectivity index (χ0) is 19.5. The fourth-order valence-corrected chi connectivity index (χ4v) is 3.21. The number of carbonyl (C=O) groups is 1. The molecule has 0 bridgehead atoms. The quantitative estimate of drug-likeness (QED) is 0.294. The fourth-order valence-electron chi connectivity index (χ4n) is 3.21. The van der Waals surface area contributed by atoms with Gasteiger partial charge in [0.25, 0.3) is 0 Å². The third-order valence-electron chi connectivity index (χ3n) is 5.30. The molecule has 1 aliphatic rings. The number of hydrogen-bond acceptors (Lipinski definition) is 3. The number of carbonyl (C=O) groups excluding carboxylic acids is 1. The van der Waals surface area contributed by atoms with Crippen LogP contribution in [0.2, 0.25) is 0 Å². The summed E-state index contributed by atoms with van der Waals surface area (Å²) < 4.78 is 5.28. The molecule has 1 aromatic rings. The van der Waals surface area contributed by atoms with E-state index in [4.69, 9.17) is 4.74 Å². The summed E-state index contributed by atoms with van der Waals surface area (Å²) in [6.45, 7) is 2.58. The van der Waals surface area contributed by atoms with Crippen molar-refractivity contribution in [2.45, 2.75) is 32.1 Å². The molecule has 28 heavy (non-hydrogen) atoms. The van der Waals surface area contributed by atoms with Crippen molar-refractivity contribution in [3.63, 3.8) is 0 Å². The van der Waals surface area contributed by atoms with Gasteiger partial charge in [-0.1, -0.05) is 36.8 Å². The Labute approximate surface area is 186 Å². The van der Waals surface area contributed by atoms with Crippen molar-refractivity contribution < 1.29 is 9.53 Å². The minimum atomic E-state index is -0.00287. The molecule has 2 N–H and O–H groups in total. The van der Waals surface area contributed by atoms with Crippen LogP contribution in [0.1, 0.15) is 31.2 Å². The van der Waals surface area contributed by atoms with E-state index >= 15 is 0 Å². The number of halogens is 1. The van der Waals surface area contributed by atoms with Gasteiger partial charge in [0.15, 0.2) is 5.96 Å². The van der Waals surface area contributed by atoms with Crippen molar-refractivity contribution in [1.82, 2.24) is 15.5 Å². The number of ether oxygens (including phenoxy) is 1. The van der Waals surface area contributed by atoms with Crippen LogP contribution in [0.4, 0.5) is 0 Å². The second-order valence-electron chi connectivity index (χ2n) is 7.57. The van der Waals surface area contributed by atoms with Crippen LogP contribution in [0.25, 0.3) is 0 Å². The third kappa shape index (κ3) is 8.34. The van der Waals surface area contributed by atoms with Crippen molar-refractivity contribution in [2.75, 3.05) is 47.4 Å². The Balaban J connectivity index is 0.00000392. The van der Waals surface area contributed by atoms with Gasteiger partial charge >= 0.3 is 0 Å². The van der Waals surface area contributed by atoms with Gasteiger partial charge in [0, 0.05) is 40.9 Å². The van der Waals surface area contributed by atoms with E-state index in [1.165, 1.54) is 24.8 Å². The summed E-state index contributed by atoms with van der Waals surface area (Å²) in [7, 11) is 5.26. The normalized spacial score (nSPS) is 15.2. The van der Waals surface area contributed by atoms with Crippen LogP contribution in [-0.2, 0) is 16.0 Å². The maximum absolute atomic E-state index is 11.9. The molecular weight excluding hydrogens is 467 g/mol. The number of nitrogens with one attached hydrogen (secondary N) is 2. The fraction of sp³-hybridized carbons (Fsp3) is 0.619. The standard InChI is InChI=1S/C21H34N4O2.HI/c1-25(2)19(26)16-23-20(22-14-10-18-8-5-4-6-9-18)24-17-21(11-7-12-21)13-15-27-3;/h4-6,8-9H,7,10-17H2,1-3H3,(H2,22,23,24);1H. The summed E-state index contributed by atoms with van der Waals surface area (Å²) in [6.07, 6.45) is 5.69. The van der Waals surface area contributed by atoms with Gasteiger partial charge in [-0.15, -0.1) is 24.0 Å². The van der Waals surface area contributed by atoms with Gasteiger partial charge in [0.2, 0.25) is 5.91 Å². The second kappa shape index (κ2) is 13.0. The van der Waals surface area contributed by atoms with Gasteiger partial charge in [0.1, 0.15) is 6.54 Å². The number of hydrogen-bond donors (Lipinski definition) is 2. The molecular formula is C21H35IN4O2. The Morgan fingerprint density at radius 2 is 1.93 bits per heavy atom. The maximum Gasteiger partial charge on any atom is 0.243 e. The Kier molecular flexibility index (Phi) is 11.4. The van der Waals surface area contributed by atoms with Crippen LogP contribution < -0.4 is 10.6 Å². The van der Waals surface area contributed by atoms with E-state index in [0.29, 0.717) is 11.4 Å². The lowest BCUT2D eigenvalue weighted by Gasteiger charge is -2.42. The largest absolute Gasteiger partial charge is 0.385 e. The van der Waals surface area contributed by atoms with Crippen LogP contribution in [0.15, 0.2) is 35.3 Å². The van der Waals surface area contributed by atoms with E-state index in [2.05, 4.69) is 39.9 Å². The number of nitrogens with zero attached hydrogens (tertiary/aromatic N) is 2. The van der Waals surface area contributed by atoms with E-state index in [-0.39, 0.29) is 36.4 Å². The molecule has 0 saturated heterocycles. The smallest absolute Gasteiger partial charge is 0.243 e. The first kappa shape index (κ1) is 24.7. The van der Waals surface area contributed by atoms with Gasteiger partial charge in [-0.2, -0.15) is 0 Å². The van der Waals surface area contributed by atoms with Crippen molar-refractivity contribution in [3.05, 3.63) is 35.9 Å². The molecule has 1 aromatic carbocycles. The molecule has 2 rings (SSSR count). The highest BCUT2D eigenvalue weighted by Crippen LogP contribution is 2.43. The van der Waals surface area contributed by atoms with Gasteiger partial charge in [-0.05, 0) is 36.7 Å².